The molecule has 0 fully saturated rings. The van der Waals surface area contributed by atoms with Crippen LogP contribution in [0, 0.1) is 11.7 Å². The molecular formula is C21H22FN3O2. The fourth-order valence-electron chi connectivity index (χ4n) is 3.07. The van der Waals surface area contributed by atoms with Crippen LogP contribution in [0.15, 0.2) is 59.7 Å². The normalized spacial score (nSPS) is 12.3. The number of carbonyl (C=O) groups is 1. The molecule has 0 bridgehead atoms. The van der Waals surface area contributed by atoms with Crippen LogP contribution in [0.4, 0.5) is 4.39 Å². The van der Waals surface area contributed by atoms with Gasteiger partial charge in [0.05, 0.1) is 23.3 Å². The number of amides is 1. The van der Waals surface area contributed by atoms with Crippen molar-refractivity contribution in [2.45, 2.75) is 32.9 Å². The second kappa shape index (κ2) is 8.12. The molecule has 3 aromatic rings. The lowest BCUT2D eigenvalue weighted by molar-refractivity contribution is -0.122. The summed E-state index contributed by atoms with van der Waals surface area (Å²) in [5.74, 6) is -0.405. The van der Waals surface area contributed by atoms with Gasteiger partial charge in [0.2, 0.25) is 5.91 Å². The molecule has 0 aliphatic heterocycles. The van der Waals surface area contributed by atoms with Crippen LogP contribution in [0.25, 0.3) is 10.9 Å². The van der Waals surface area contributed by atoms with Gasteiger partial charge in [0, 0.05) is 0 Å². The maximum Gasteiger partial charge on any atom is 0.261 e. The Balaban J connectivity index is 1.81. The number of fused-ring (bicyclic) bond motifs is 1. The quantitative estimate of drug-likeness (QED) is 0.726. The second-order valence-electron chi connectivity index (χ2n) is 7.00. The van der Waals surface area contributed by atoms with E-state index >= 15 is 0 Å². The Hall–Kier alpha value is -3.02. The molecule has 0 saturated heterocycles. The number of hydrogen-bond donors (Lipinski definition) is 1. The molecule has 140 valence electrons. The van der Waals surface area contributed by atoms with Gasteiger partial charge in [-0.25, -0.2) is 9.37 Å². The third-order valence-electron chi connectivity index (χ3n) is 4.34. The molecule has 0 saturated carbocycles. The topological polar surface area (TPSA) is 64.0 Å². The predicted octanol–water partition coefficient (Wildman–Crippen LogP) is 3.44. The molecule has 1 amide bonds. The van der Waals surface area contributed by atoms with Crippen molar-refractivity contribution < 1.29 is 9.18 Å². The number of carbonyl (C=O) groups excluding carboxylic acids is 1. The van der Waals surface area contributed by atoms with Crippen molar-refractivity contribution in [1.82, 2.24) is 14.9 Å². The standard InChI is InChI=1S/C21H22FN3O2/c1-14(2)10-19(15-6-4-3-5-7-15)24-20(26)12-25-13-23-18-9-8-16(22)11-17(18)21(25)27/h3-9,11,13-14,19H,10,12H2,1-2H3,(H,24,26). The molecule has 1 heterocycles. The van der Waals surface area contributed by atoms with Crippen molar-refractivity contribution >= 4 is 16.8 Å². The number of halogens is 1. The molecule has 0 aliphatic carbocycles. The summed E-state index contributed by atoms with van der Waals surface area (Å²) >= 11 is 0. The van der Waals surface area contributed by atoms with E-state index in [-0.39, 0.29) is 23.9 Å². The van der Waals surface area contributed by atoms with Crippen molar-refractivity contribution in [2.24, 2.45) is 5.92 Å². The highest BCUT2D eigenvalue weighted by Gasteiger charge is 2.17. The van der Waals surface area contributed by atoms with Crippen LogP contribution in [0.5, 0.6) is 0 Å². The van der Waals surface area contributed by atoms with Crippen LogP contribution in [-0.2, 0) is 11.3 Å². The Morgan fingerprint density at radius 1 is 1.19 bits per heavy atom. The molecule has 0 spiro atoms. The summed E-state index contributed by atoms with van der Waals surface area (Å²) in [5.41, 5.74) is 0.986. The van der Waals surface area contributed by atoms with Crippen LogP contribution in [0.1, 0.15) is 31.9 Å². The van der Waals surface area contributed by atoms with E-state index in [9.17, 15) is 14.0 Å². The summed E-state index contributed by atoms with van der Waals surface area (Å²) in [5, 5.41) is 3.16. The van der Waals surface area contributed by atoms with E-state index in [4.69, 9.17) is 0 Å². The van der Waals surface area contributed by atoms with Gasteiger partial charge in [-0.2, -0.15) is 0 Å². The third-order valence-corrected chi connectivity index (χ3v) is 4.34. The predicted molar refractivity (Wildman–Crippen MR) is 103 cm³/mol. The van der Waals surface area contributed by atoms with E-state index in [0.717, 1.165) is 18.1 Å². The molecule has 2 aromatic carbocycles. The van der Waals surface area contributed by atoms with Crippen molar-refractivity contribution in [2.75, 3.05) is 0 Å². The average Bonchev–Trinajstić information content (AvgIpc) is 2.64. The molecule has 27 heavy (non-hydrogen) atoms. The maximum atomic E-state index is 13.4. The van der Waals surface area contributed by atoms with Crippen molar-refractivity contribution in [1.29, 1.82) is 0 Å². The number of nitrogens with one attached hydrogen (secondary N) is 1. The first-order chi connectivity index (χ1) is 12.9. The van der Waals surface area contributed by atoms with E-state index in [1.807, 2.05) is 30.3 Å². The lowest BCUT2D eigenvalue weighted by Crippen LogP contribution is -2.35. The lowest BCUT2D eigenvalue weighted by Gasteiger charge is -2.21. The number of aromatic nitrogens is 2. The fraction of sp³-hybridized carbons (Fsp3) is 0.286. The SMILES string of the molecule is CC(C)CC(NC(=O)Cn1cnc2ccc(F)cc2c1=O)c1ccccc1. The van der Waals surface area contributed by atoms with Crippen molar-refractivity contribution in [3.05, 3.63) is 76.6 Å². The highest BCUT2D eigenvalue weighted by molar-refractivity contribution is 5.79. The van der Waals surface area contributed by atoms with Gasteiger partial charge in [0.25, 0.3) is 5.56 Å². The van der Waals surface area contributed by atoms with Gasteiger partial charge < -0.3 is 5.32 Å². The van der Waals surface area contributed by atoms with E-state index in [1.165, 1.54) is 23.0 Å². The summed E-state index contributed by atoms with van der Waals surface area (Å²) in [6.07, 6.45) is 2.11. The van der Waals surface area contributed by atoms with Gasteiger partial charge in [-0.1, -0.05) is 44.2 Å². The summed E-state index contributed by atoms with van der Waals surface area (Å²) in [4.78, 5) is 29.2. The van der Waals surface area contributed by atoms with Crippen LogP contribution < -0.4 is 10.9 Å². The van der Waals surface area contributed by atoms with Gasteiger partial charge >= 0.3 is 0 Å². The molecule has 1 atom stereocenters. The minimum atomic E-state index is -0.510. The van der Waals surface area contributed by atoms with Gasteiger partial charge in [0.1, 0.15) is 12.4 Å². The highest BCUT2D eigenvalue weighted by atomic mass is 19.1. The first kappa shape index (κ1) is 18.8. The van der Waals surface area contributed by atoms with Crippen LogP contribution in [0.3, 0.4) is 0 Å². The zero-order valence-corrected chi connectivity index (χ0v) is 15.4. The van der Waals surface area contributed by atoms with E-state index in [2.05, 4.69) is 24.1 Å². The summed E-state index contributed by atoms with van der Waals surface area (Å²) in [6, 6.07) is 13.4. The van der Waals surface area contributed by atoms with Crippen LogP contribution in [-0.4, -0.2) is 15.5 Å². The van der Waals surface area contributed by atoms with Gasteiger partial charge in [-0.05, 0) is 36.1 Å². The Bertz CT molecular complexity index is 999. The fourth-order valence-corrected chi connectivity index (χ4v) is 3.07. The number of benzene rings is 2. The molecule has 1 unspecified atom stereocenters. The molecule has 5 nitrogen and oxygen atoms in total. The van der Waals surface area contributed by atoms with Crippen LogP contribution in [0.2, 0.25) is 0 Å². The lowest BCUT2D eigenvalue weighted by atomic mass is 9.97. The zero-order valence-electron chi connectivity index (χ0n) is 15.4. The van der Waals surface area contributed by atoms with Crippen molar-refractivity contribution in [3.63, 3.8) is 0 Å². The molecule has 0 radical (unpaired) electrons. The molecule has 1 aromatic heterocycles. The Kier molecular flexibility index (Phi) is 5.64. The summed E-state index contributed by atoms with van der Waals surface area (Å²) in [7, 11) is 0. The molecule has 0 aliphatic rings. The molecule has 3 rings (SSSR count). The first-order valence-electron chi connectivity index (χ1n) is 8.93. The molecular weight excluding hydrogens is 345 g/mol. The average molecular weight is 367 g/mol. The minimum Gasteiger partial charge on any atom is -0.348 e. The van der Waals surface area contributed by atoms with Crippen LogP contribution >= 0.6 is 0 Å². The molecule has 1 N–H and O–H groups in total. The van der Waals surface area contributed by atoms with Gasteiger partial charge in [-0.15, -0.1) is 0 Å². The number of rotatable bonds is 6. The summed E-state index contributed by atoms with van der Waals surface area (Å²) < 4.78 is 14.6. The summed E-state index contributed by atoms with van der Waals surface area (Å²) in [6.45, 7) is 4.02. The largest absolute Gasteiger partial charge is 0.348 e. The third kappa shape index (κ3) is 4.58. The van der Waals surface area contributed by atoms with Gasteiger partial charge in [0.15, 0.2) is 0 Å². The maximum absolute atomic E-state index is 13.4. The van der Waals surface area contributed by atoms with E-state index in [1.54, 1.807) is 0 Å². The smallest absolute Gasteiger partial charge is 0.261 e. The number of nitrogens with zero attached hydrogens (tertiary/aromatic N) is 2. The van der Waals surface area contributed by atoms with Crippen molar-refractivity contribution in [3.8, 4) is 0 Å². The Morgan fingerprint density at radius 2 is 1.93 bits per heavy atom. The Morgan fingerprint density at radius 3 is 2.63 bits per heavy atom. The number of hydrogen-bond acceptors (Lipinski definition) is 3. The zero-order chi connectivity index (χ0) is 19.4. The minimum absolute atomic E-state index is 0.139. The monoisotopic (exact) mass is 367 g/mol. The first-order valence-corrected chi connectivity index (χ1v) is 8.93. The second-order valence-corrected chi connectivity index (χ2v) is 7.00. The molecule has 6 heteroatoms. The highest BCUT2D eigenvalue weighted by Crippen LogP contribution is 2.21. The van der Waals surface area contributed by atoms with E-state index < -0.39 is 11.4 Å². The van der Waals surface area contributed by atoms with Gasteiger partial charge in [-0.3, -0.25) is 14.2 Å². The van der Waals surface area contributed by atoms with E-state index in [0.29, 0.717) is 11.4 Å². The Labute approximate surface area is 156 Å².